The van der Waals surface area contributed by atoms with Gasteiger partial charge in [-0.1, -0.05) is 36.2 Å². The van der Waals surface area contributed by atoms with Gasteiger partial charge in [0.05, 0.1) is 24.9 Å². The number of carbonyl (C=O) groups is 1. The summed E-state index contributed by atoms with van der Waals surface area (Å²) in [6.45, 7) is 2.31. The van der Waals surface area contributed by atoms with Gasteiger partial charge in [-0.15, -0.1) is 0 Å². The van der Waals surface area contributed by atoms with Crippen molar-refractivity contribution in [2.45, 2.75) is 25.9 Å². The first kappa shape index (κ1) is 20.2. The molecule has 2 N–H and O–H groups in total. The molecule has 1 amide bonds. The van der Waals surface area contributed by atoms with Gasteiger partial charge in [-0.05, 0) is 42.3 Å². The van der Waals surface area contributed by atoms with Crippen LogP contribution in [0.1, 0.15) is 18.9 Å². The van der Waals surface area contributed by atoms with E-state index < -0.39 is 6.04 Å². The Bertz CT molecular complexity index is 768. The fraction of sp³-hybridized carbons (Fsp3) is 0.316. The molecule has 0 fully saturated rings. The van der Waals surface area contributed by atoms with Gasteiger partial charge >= 0.3 is 0 Å². The molecule has 0 heterocycles. The molecule has 140 valence electrons. The number of hydrogen-bond acceptors (Lipinski definition) is 4. The first-order valence-electron chi connectivity index (χ1n) is 8.18. The zero-order valence-corrected chi connectivity index (χ0v) is 16.4. The smallest absolute Gasteiger partial charge is 0.242 e. The highest BCUT2D eigenvalue weighted by molar-refractivity contribution is 6.36. The Balaban J connectivity index is 2.00. The van der Waals surface area contributed by atoms with E-state index in [1.54, 1.807) is 32.4 Å². The van der Waals surface area contributed by atoms with Crippen molar-refractivity contribution >= 4 is 34.8 Å². The van der Waals surface area contributed by atoms with Crippen molar-refractivity contribution in [3.63, 3.8) is 0 Å². The molecule has 1 atom stereocenters. The lowest BCUT2D eigenvalue weighted by Gasteiger charge is -2.19. The van der Waals surface area contributed by atoms with E-state index in [2.05, 4.69) is 10.6 Å². The van der Waals surface area contributed by atoms with Crippen LogP contribution >= 0.6 is 23.2 Å². The summed E-state index contributed by atoms with van der Waals surface area (Å²) < 4.78 is 10.5. The van der Waals surface area contributed by atoms with E-state index in [0.29, 0.717) is 40.2 Å². The van der Waals surface area contributed by atoms with Gasteiger partial charge in [0, 0.05) is 11.6 Å². The van der Waals surface area contributed by atoms with Crippen molar-refractivity contribution in [3.05, 3.63) is 52.0 Å². The van der Waals surface area contributed by atoms with Crippen LogP contribution in [0.2, 0.25) is 10.0 Å². The third-order valence-electron chi connectivity index (χ3n) is 3.90. The molecule has 7 heteroatoms. The number of benzene rings is 2. The van der Waals surface area contributed by atoms with Crippen LogP contribution in [0.25, 0.3) is 0 Å². The maximum absolute atomic E-state index is 12.5. The van der Waals surface area contributed by atoms with Crippen LogP contribution in [0.5, 0.6) is 11.5 Å². The molecule has 0 aromatic heterocycles. The standard InChI is InChI=1S/C19H22Cl2N2O3/c1-4-15(23-16-7-6-13(20)10-14(16)21)19(24)22-11-12-5-8-17(25-2)18(9-12)26-3/h5-10,15,23H,4,11H2,1-3H3,(H,22,24). The van der Waals surface area contributed by atoms with Crippen LogP contribution < -0.4 is 20.1 Å². The quantitative estimate of drug-likeness (QED) is 0.688. The average molecular weight is 397 g/mol. The molecule has 2 aromatic carbocycles. The lowest BCUT2D eigenvalue weighted by atomic mass is 10.1. The third kappa shape index (κ3) is 5.19. The number of halogens is 2. The van der Waals surface area contributed by atoms with Crippen molar-refractivity contribution in [1.29, 1.82) is 0 Å². The van der Waals surface area contributed by atoms with Crippen LogP contribution in [-0.4, -0.2) is 26.2 Å². The Hall–Kier alpha value is -2.11. The molecule has 2 rings (SSSR count). The second kappa shape index (κ2) is 9.55. The summed E-state index contributed by atoms with van der Waals surface area (Å²) >= 11 is 12.1. The summed E-state index contributed by atoms with van der Waals surface area (Å²) in [4.78, 5) is 12.5. The minimum atomic E-state index is -0.409. The van der Waals surface area contributed by atoms with Gasteiger partial charge < -0.3 is 20.1 Å². The molecule has 1 unspecified atom stereocenters. The fourth-order valence-electron chi connectivity index (χ4n) is 2.45. The molecule has 5 nitrogen and oxygen atoms in total. The van der Waals surface area contributed by atoms with E-state index in [0.717, 1.165) is 5.56 Å². The summed E-state index contributed by atoms with van der Waals surface area (Å²) in [5.74, 6) is 1.15. The Morgan fingerprint density at radius 3 is 2.42 bits per heavy atom. The molecule has 26 heavy (non-hydrogen) atoms. The first-order chi connectivity index (χ1) is 12.5. The number of anilines is 1. The molecular weight excluding hydrogens is 375 g/mol. The normalized spacial score (nSPS) is 11.6. The summed E-state index contributed by atoms with van der Waals surface area (Å²) in [5, 5.41) is 7.10. The summed E-state index contributed by atoms with van der Waals surface area (Å²) in [6, 6.07) is 10.2. The molecule has 2 aromatic rings. The minimum Gasteiger partial charge on any atom is -0.493 e. The number of rotatable bonds is 8. The number of amides is 1. The Kier molecular flexibility index (Phi) is 7.42. The van der Waals surface area contributed by atoms with Gasteiger partial charge in [0.1, 0.15) is 6.04 Å². The Morgan fingerprint density at radius 1 is 1.08 bits per heavy atom. The number of ether oxygens (including phenoxy) is 2. The largest absolute Gasteiger partial charge is 0.493 e. The lowest BCUT2D eigenvalue weighted by Crippen LogP contribution is -2.38. The van der Waals surface area contributed by atoms with Crippen molar-refractivity contribution in [2.75, 3.05) is 19.5 Å². The van der Waals surface area contributed by atoms with E-state index in [1.807, 2.05) is 25.1 Å². The SMILES string of the molecule is CCC(Nc1ccc(Cl)cc1Cl)C(=O)NCc1ccc(OC)c(OC)c1. The Morgan fingerprint density at radius 2 is 1.81 bits per heavy atom. The Labute approximate surface area is 163 Å². The van der Waals surface area contributed by atoms with E-state index in [9.17, 15) is 4.79 Å². The summed E-state index contributed by atoms with van der Waals surface area (Å²) in [7, 11) is 3.16. The first-order valence-corrected chi connectivity index (χ1v) is 8.94. The predicted molar refractivity (Wildman–Crippen MR) is 106 cm³/mol. The topological polar surface area (TPSA) is 59.6 Å². The number of carbonyl (C=O) groups excluding carboxylic acids is 1. The second-order valence-electron chi connectivity index (χ2n) is 5.64. The highest BCUT2D eigenvalue weighted by Gasteiger charge is 2.17. The third-order valence-corrected chi connectivity index (χ3v) is 4.45. The zero-order chi connectivity index (χ0) is 19.1. The van der Waals surface area contributed by atoms with Gasteiger partial charge in [-0.2, -0.15) is 0 Å². The molecule has 0 bridgehead atoms. The number of nitrogens with one attached hydrogen (secondary N) is 2. The molecular formula is C19H22Cl2N2O3. The van der Waals surface area contributed by atoms with E-state index in [1.165, 1.54) is 0 Å². The van der Waals surface area contributed by atoms with Crippen LogP contribution in [0.4, 0.5) is 5.69 Å². The molecule has 0 aliphatic rings. The van der Waals surface area contributed by atoms with Gasteiger partial charge in [-0.25, -0.2) is 0 Å². The minimum absolute atomic E-state index is 0.117. The predicted octanol–water partition coefficient (Wildman–Crippen LogP) is 4.52. The maximum Gasteiger partial charge on any atom is 0.242 e. The molecule has 0 aliphatic carbocycles. The van der Waals surface area contributed by atoms with Crippen LogP contribution in [-0.2, 0) is 11.3 Å². The van der Waals surface area contributed by atoms with E-state index in [4.69, 9.17) is 32.7 Å². The summed E-state index contributed by atoms with van der Waals surface area (Å²) in [5.41, 5.74) is 1.58. The van der Waals surface area contributed by atoms with Crippen LogP contribution in [0.3, 0.4) is 0 Å². The molecule has 0 saturated carbocycles. The van der Waals surface area contributed by atoms with Crippen molar-refractivity contribution in [1.82, 2.24) is 5.32 Å². The molecule has 0 spiro atoms. The molecule has 0 radical (unpaired) electrons. The highest BCUT2D eigenvalue weighted by atomic mass is 35.5. The monoisotopic (exact) mass is 396 g/mol. The van der Waals surface area contributed by atoms with Crippen molar-refractivity contribution in [3.8, 4) is 11.5 Å². The zero-order valence-electron chi connectivity index (χ0n) is 14.9. The van der Waals surface area contributed by atoms with Gasteiger partial charge in [0.25, 0.3) is 0 Å². The number of methoxy groups -OCH3 is 2. The van der Waals surface area contributed by atoms with Crippen LogP contribution in [0.15, 0.2) is 36.4 Å². The van der Waals surface area contributed by atoms with E-state index >= 15 is 0 Å². The second-order valence-corrected chi connectivity index (χ2v) is 6.48. The summed E-state index contributed by atoms with van der Waals surface area (Å²) in [6.07, 6.45) is 0.608. The average Bonchev–Trinajstić information content (AvgIpc) is 2.65. The lowest BCUT2D eigenvalue weighted by molar-refractivity contribution is -0.122. The maximum atomic E-state index is 12.5. The van der Waals surface area contributed by atoms with Crippen molar-refractivity contribution < 1.29 is 14.3 Å². The van der Waals surface area contributed by atoms with Crippen molar-refractivity contribution in [2.24, 2.45) is 0 Å². The highest BCUT2D eigenvalue weighted by Crippen LogP contribution is 2.28. The van der Waals surface area contributed by atoms with E-state index in [-0.39, 0.29) is 5.91 Å². The van der Waals surface area contributed by atoms with Crippen LogP contribution in [0, 0.1) is 0 Å². The molecule has 0 saturated heterocycles. The number of hydrogen-bond donors (Lipinski definition) is 2. The fourth-order valence-corrected chi connectivity index (χ4v) is 2.91. The van der Waals surface area contributed by atoms with Gasteiger partial charge in [-0.3, -0.25) is 4.79 Å². The van der Waals surface area contributed by atoms with Gasteiger partial charge in [0.15, 0.2) is 11.5 Å². The van der Waals surface area contributed by atoms with Gasteiger partial charge in [0.2, 0.25) is 5.91 Å². The molecule has 0 aliphatic heterocycles.